The molecule has 1 aromatic heterocycles. The quantitative estimate of drug-likeness (QED) is 0.336. The van der Waals surface area contributed by atoms with Gasteiger partial charge < -0.3 is 19.5 Å². The summed E-state index contributed by atoms with van der Waals surface area (Å²) in [5.74, 6) is 2.62. The topological polar surface area (TPSA) is 74.6 Å². The number of fused-ring (bicyclic) bond motifs is 1. The van der Waals surface area contributed by atoms with Gasteiger partial charge in [-0.2, -0.15) is 5.10 Å². The number of nitrogens with one attached hydrogen (secondary N) is 1. The summed E-state index contributed by atoms with van der Waals surface area (Å²) in [5.41, 5.74) is 3.55. The van der Waals surface area contributed by atoms with Crippen LogP contribution in [0.15, 0.2) is 54.6 Å². The van der Waals surface area contributed by atoms with Gasteiger partial charge in [0.25, 0.3) is 0 Å². The average Bonchev–Trinajstić information content (AvgIpc) is 3.24. The standard InChI is InChI=1S/C29H31N3O4/c1-34-25-14-13-23(26(35-2)27(25)36-3)29(20-9-5-4-6-10-20)16-15-22-24(19-29)32(17-8-18-33)31-28(22)30-21-11-7-12-21/h4-6,8-10,13-18,21H,7,11-12,19H2,1-3H3,(H,30,31). The molecule has 0 aliphatic heterocycles. The second-order valence-electron chi connectivity index (χ2n) is 9.13. The molecule has 0 radical (unpaired) electrons. The fourth-order valence-electron chi connectivity index (χ4n) is 5.20. The predicted molar refractivity (Wildman–Crippen MR) is 141 cm³/mol. The molecule has 36 heavy (non-hydrogen) atoms. The number of anilines is 1. The summed E-state index contributed by atoms with van der Waals surface area (Å²) in [6.07, 6.45) is 12.5. The van der Waals surface area contributed by atoms with Gasteiger partial charge in [0, 0.05) is 35.2 Å². The molecule has 1 N–H and O–H groups in total. The Balaban J connectivity index is 1.72. The molecule has 2 aliphatic carbocycles. The zero-order chi connectivity index (χ0) is 25.1. The largest absolute Gasteiger partial charge is 0.493 e. The highest BCUT2D eigenvalue weighted by Crippen LogP contribution is 2.51. The smallest absolute Gasteiger partial charge is 0.203 e. The second kappa shape index (κ2) is 9.93. The Morgan fingerprint density at radius 2 is 1.81 bits per heavy atom. The van der Waals surface area contributed by atoms with Gasteiger partial charge in [-0.05, 0) is 37.0 Å². The van der Waals surface area contributed by atoms with E-state index in [1.807, 2.05) is 35.0 Å². The summed E-state index contributed by atoms with van der Waals surface area (Å²) >= 11 is 0. The molecule has 1 heterocycles. The first-order valence-corrected chi connectivity index (χ1v) is 12.2. The summed E-state index contributed by atoms with van der Waals surface area (Å²) in [4.78, 5) is 11.2. The van der Waals surface area contributed by atoms with E-state index in [2.05, 4.69) is 29.6 Å². The second-order valence-corrected chi connectivity index (χ2v) is 9.13. The lowest BCUT2D eigenvalue weighted by Gasteiger charge is -2.36. The van der Waals surface area contributed by atoms with Crippen molar-refractivity contribution in [1.82, 2.24) is 9.78 Å². The minimum atomic E-state index is -0.570. The molecule has 1 fully saturated rings. The van der Waals surface area contributed by atoms with Crippen LogP contribution >= 0.6 is 0 Å². The molecule has 2 aromatic carbocycles. The minimum absolute atomic E-state index is 0.438. The number of carbonyl (C=O) groups is 1. The fraction of sp³-hybridized carbons (Fsp3) is 0.310. The summed E-state index contributed by atoms with van der Waals surface area (Å²) < 4.78 is 19.0. The molecule has 1 unspecified atom stereocenters. The summed E-state index contributed by atoms with van der Waals surface area (Å²) in [6.45, 7) is 0. The molecule has 7 heteroatoms. The van der Waals surface area contributed by atoms with Gasteiger partial charge in [0.1, 0.15) is 6.29 Å². The van der Waals surface area contributed by atoms with Crippen molar-refractivity contribution in [2.45, 2.75) is 37.1 Å². The molecule has 3 aromatic rings. The van der Waals surface area contributed by atoms with E-state index in [4.69, 9.17) is 19.3 Å². The van der Waals surface area contributed by atoms with E-state index in [0.717, 1.165) is 47.3 Å². The number of carbonyl (C=O) groups excluding carboxylic acids is 1. The molecule has 1 atom stereocenters. The van der Waals surface area contributed by atoms with Crippen molar-refractivity contribution in [2.24, 2.45) is 0 Å². The van der Waals surface area contributed by atoms with Crippen LogP contribution in [0.1, 0.15) is 41.6 Å². The van der Waals surface area contributed by atoms with Crippen LogP contribution in [0, 0.1) is 0 Å². The van der Waals surface area contributed by atoms with E-state index in [9.17, 15) is 4.79 Å². The first kappa shape index (κ1) is 23.7. The predicted octanol–water partition coefficient (Wildman–Crippen LogP) is 5.10. The number of rotatable bonds is 9. The Hall–Kier alpha value is -4.00. The van der Waals surface area contributed by atoms with Gasteiger partial charge in [0.15, 0.2) is 17.3 Å². The highest BCUT2D eigenvalue weighted by atomic mass is 16.5. The molecule has 0 bridgehead atoms. The van der Waals surface area contributed by atoms with Crippen LogP contribution in [-0.4, -0.2) is 43.4 Å². The molecule has 186 valence electrons. The van der Waals surface area contributed by atoms with Crippen LogP contribution in [0.2, 0.25) is 0 Å². The Bertz CT molecular complexity index is 1310. The van der Waals surface area contributed by atoms with Crippen molar-refractivity contribution in [2.75, 3.05) is 26.6 Å². The monoisotopic (exact) mass is 485 g/mol. The molecule has 2 aliphatic rings. The van der Waals surface area contributed by atoms with Crippen LogP contribution in [0.5, 0.6) is 17.2 Å². The Labute approximate surface area is 211 Å². The van der Waals surface area contributed by atoms with Crippen molar-refractivity contribution in [3.63, 3.8) is 0 Å². The molecule has 0 saturated heterocycles. The Morgan fingerprint density at radius 3 is 2.44 bits per heavy atom. The highest BCUT2D eigenvalue weighted by Gasteiger charge is 2.41. The maximum Gasteiger partial charge on any atom is 0.203 e. The van der Waals surface area contributed by atoms with E-state index >= 15 is 0 Å². The first-order valence-electron chi connectivity index (χ1n) is 12.2. The lowest BCUT2D eigenvalue weighted by atomic mass is 9.68. The van der Waals surface area contributed by atoms with Gasteiger partial charge in [-0.3, -0.25) is 4.79 Å². The average molecular weight is 486 g/mol. The van der Waals surface area contributed by atoms with E-state index < -0.39 is 5.41 Å². The molecule has 7 nitrogen and oxygen atoms in total. The highest BCUT2D eigenvalue weighted by molar-refractivity contribution is 5.75. The number of allylic oxidation sites excluding steroid dienone is 2. The van der Waals surface area contributed by atoms with Gasteiger partial charge in [-0.25, -0.2) is 4.68 Å². The summed E-state index contributed by atoms with van der Waals surface area (Å²) in [7, 11) is 4.88. The summed E-state index contributed by atoms with van der Waals surface area (Å²) in [6, 6.07) is 14.7. The molecular weight excluding hydrogens is 454 g/mol. The number of benzene rings is 2. The molecule has 1 saturated carbocycles. The number of hydrogen-bond acceptors (Lipinski definition) is 6. The van der Waals surface area contributed by atoms with Crippen molar-refractivity contribution in [1.29, 1.82) is 0 Å². The lowest BCUT2D eigenvalue weighted by Crippen LogP contribution is -2.32. The van der Waals surface area contributed by atoms with Crippen molar-refractivity contribution in [3.8, 4) is 17.2 Å². The van der Waals surface area contributed by atoms with E-state index in [1.165, 1.54) is 12.5 Å². The number of nitrogens with zero attached hydrogens (tertiary/aromatic N) is 2. The third-order valence-corrected chi connectivity index (χ3v) is 7.26. The lowest BCUT2D eigenvalue weighted by molar-refractivity contribution is -0.104. The number of hydrogen-bond donors (Lipinski definition) is 1. The zero-order valence-corrected chi connectivity index (χ0v) is 20.9. The van der Waals surface area contributed by atoms with Gasteiger partial charge in [-0.1, -0.05) is 48.6 Å². The van der Waals surface area contributed by atoms with E-state index in [-0.39, 0.29) is 0 Å². The fourth-order valence-corrected chi connectivity index (χ4v) is 5.20. The zero-order valence-electron chi connectivity index (χ0n) is 20.9. The Morgan fingerprint density at radius 1 is 1.03 bits per heavy atom. The molecular formula is C29H31N3O4. The normalized spacial score (nSPS) is 19.0. The summed E-state index contributed by atoms with van der Waals surface area (Å²) in [5, 5.41) is 8.44. The molecule has 0 amide bonds. The van der Waals surface area contributed by atoms with Crippen molar-refractivity contribution >= 4 is 24.4 Å². The van der Waals surface area contributed by atoms with Crippen LogP contribution in [-0.2, 0) is 16.6 Å². The van der Waals surface area contributed by atoms with Crippen molar-refractivity contribution in [3.05, 3.63) is 77.0 Å². The number of aromatic nitrogens is 2. The van der Waals surface area contributed by atoms with Crippen LogP contribution in [0.25, 0.3) is 12.3 Å². The van der Waals surface area contributed by atoms with Crippen LogP contribution in [0.3, 0.4) is 0 Å². The minimum Gasteiger partial charge on any atom is -0.493 e. The maximum atomic E-state index is 11.2. The maximum absolute atomic E-state index is 11.2. The van der Waals surface area contributed by atoms with Gasteiger partial charge in [0.05, 0.1) is 27.0 Å². The number of ether oxygens (including phenoxy) is 3. The van der Waals surface area contributed by atoms with E-state index in [1.54, 1.807) is 27.5 Å². The van der Waals surface area contributed by atoms with Crippen LogP contribution < -0.4 is 19.5 Å². The van der Waals surface area contributed by atoms with Crippen molar-refractivity contribution < 1.29 is 19.0 Å². The van der Waals surface area contributed by atoms with Gasteiger partial charge >= 0.3 is 0 Å². The molecule has 0 spiro atoms. The molecule has 5 rings (SSSR count). The third kappa shape index (κ3) is 3.94. The Kier molecular flexibility index (Phi) is 6.55. The third-order valence-electron chi connectivity index (χ3n) is 7.26. The van der Waals surface area contributed by atoms with Gasteiger partial charge in [0.2, 0.25) is 5.75 Å². The van der Waals surface area contributed by atoms with E-state index in [0.29, 0.717) is 29.7 Å². The van der Waals surface area contributed by atoms with Crippen LogP contribution in [0.4, 0.5) is 5.82 Å². The number of aldehydes is 1. The van der Waals surface area contributed by atoms with Gasteiger partial charge in [-0.15, -0.1) is 0 Å². The number of methoxy groups -OCH3 is 3. The SMILES string of the molecule is COc1ccc(C2(c3ccccc3)C=Cc3c(NC4CCC4)nn(C=CC=O)c3C2)c(OC)c1OC. The first-order chi connectivity index (χ1) is 17.6.